The molecule has 8 aromatic rings. The molecule has 2 aliphatic rings. The Kier molecular flexibility index (Phi) is 7.08. The van der Waals surface area contributed by atoms with E-state index < -0.39 is 0 Å². The minimum Gasteiger partial charge on any atom is -0.449 e. The maximum Gasteiger partial charge on any atom is 0.178 e. The van der Waals surface area contributed by atoms with E-state index in [1.807, 2.05) is 72.8 Å². The fourth-order valence-electron chi connectivity index (χ4n) is 7.79. The fraction of sp³-hybridized carbons (Fsp3) is 0.0625. The molecule has 10 rings (SSSR count). The summed E-state index contributed by atoms with van der Waals surface area (Å²) in [6.07, 6.45) is 0. The summed E-state index contributed by atoms with van der Waals surface area (Å²) in [6, 6.07) is 55.9. The fourth-order valence-corrected chi connectivity index (χ4v) is 7.79. The van der Waals surface area contributed by atoms with Crippen molar-refractivity contribution in [1.29, 1.82) is 0 Å². The van der Waals surface area contributed by atoms with E-state index in [1.54, 1.807) is 0 Å². The van der Waals surface area contributed by atoms with E-state index in [1.165, 1.54) is 16.7 Å². The lowest BCUT2D eigenvalue weighted by Crippen LogP contribution is -2.15. The van der Waals surface area contributed by atoms with Gasteiger partial charge in [0.2, 0.25) is 0 Å². The molecule has 0 atom stereocenters. The van der Waals surface area contributed by atoms with Crippen molar-refractivity contribution < 1.29 is 9.47 Å². The highest BCUT2D eigenvalue weighted by atomic mass is 16.6. The van der Waals surface area contributed by atoms with E-state index >= 15 is 0 Å². The first-order chi connectivity index (χ1) is 26.0. The molecule has 1 aliphatic carbocycles. The summed E-state index contributed by atoms with van der Waals surface area (Å²) < 4.78 is 13.5. The highest BCUT2D eigenvalue weighted by molar-refractivity contribution is 5.89. The Morgan fingerprint density at radius 3 is 1.74 bits per heavy atom. The van der Waals surface area contributed by atoms with Crippen LogP contribution in [0.1, 0.15) is 25.0 Å². The zero-order valence-corrected chi connectivity index (χ0v) is 29.2. The molecule has 7 aromatic carbocycles. The van der Waals surface area contributed by atoms with Crippen LogP contribution in [-0.4, -0.2) is 15.0 Å². The second kappa shape index (κ2) is 12.1. The average Bonchev–Trinajstić information content (AvgIpc) is 3.46. The summed E-state index contributed by atoms with van der Waals surface area (Å²) >= 11 is 0. The van der Waals surface area contributed by atoms with Gasteiger partial charge in [-0.3, -0.25) is 0 Å². The van der Waals surface area contributed by atoms with Gasteiger partial charge in [0.15, 0.2) is 40.5 Å². The Morgan fingerprint density at radius 2 is 0.943 bits per heavy atom. The number of nitrogens with zero attached hydrogens (tertiary/aromatic N) is 3. The van der Waals surface area contributed by atoms with Crippen molar-refractivity contribution in [3.63, 3.8) is 0 Å². The molecule has 0 saturated carbocycles. The van der Waals surface area contributed by atoms with Crippen molar-refractivity contribution in [1.82, 2.24) is 15.0 Å². The highest BCUT2D eigenvalue weighted by Gasteiger charge is 2.39. The number of benzene rings is 7. The molecule has 0 N–H and O–H groups in total. The van der Waals surface area contributed by atoms with Gasteiger partial charge in [0, 0.05) is 33.2 Å². The van der Waals surface area contributed by atoms with Crippen LogP contribution in [0, 0.1) is 0 Å². The maximum atomic E-state index is 6.94. The third-order valence-corrected chi connectivity index (χ3v) is 10.4. The SMILES string of the molecule is CC1(C)c2ccccc2-c2c1ccc1c2Oc2c(cccc2-c2cccc(-c3nc(-c4ccccc4)nc(-c4ccccc4-c4ccccc4)n3)c2)O1. The topological polar surface area (TPSA) is 57.1 Å². The summed E-state index contributed by atoms with van der Waals surface area (Å²) in [5, 5.41) is 0. The van der Waals surface area contributed by atoms with E-state index in [0.717, 1.165) is 56.0 Å². The van der Waals surface area contributed by atoms with Crippen molar-refractivity contribution >= 4 is 0 Å². The number of aromatic nitrogens is 3. The summed E-state index contributed by atoms with van der Waals surface area (Å²) in [5.74, 6) is 4.65. The monoisotopic (exact) mass is 683 g/mol. The number of hydrogen-bond acceptors (Lipinski definition) is 5. The van der Waals surface area contributed by atoms with Gasteiger partial charge in [-0.1, -0.05) is 159 Å². The van der Waals surface area contributed by atoms with Crippen LogP contribution >= 0.6 is 0 Å². The van der Waals surface area contributed by atoms with Crippen molar-refractivity contribution in [3.05, 3.63) is 175 Å². The Bertz CT molecular complexity index is 2700. The lowest BCUT2D eigenvalue weighted by atomic mass is 9.82. The quantitative estimate of drug-likeness (QED) is 0.181. The van der Waals surface area contributed by atoms with E-state index in [9.17, 15) is 0 Å². The lowest BCUT2D eigenvalue weighted by molar-refractivity contribution is 0.361. The van der Waals surface area contributed by atoms with Gasteiger partial charge in [-0.15, -0.1) is 0 Å². The molecular weight excluding hydrogens is 651 g/mol. The molecule has 0 radical (unpaired) electrons. The van der Waals surface area contributed by atoms with Crippen LogP contribution in [0.25, 0.3) is 67.5 Å². The van der Waals surface area contributed by atoms with Crippen LogP contribution in [0.15, 0.2) is 164 Å². The Hall–Kier alpha value is -6.85. The zero-order valence-electron chi connectivity index (χ0n) is 29.2. The van der Waals surface area contributed by atoms with E-state index in [0.29, 0.717) is 29.0 Å². The molecule has 5 nitrogen and oxygen atoms in total. The molecule has 2 heterocycles. The van der Waals surface area contributed by atoms with Gasteiger partial charge >= 0.3 is 0 Å². The van der Waals surface area contributed by atoms with Crippen LogP contribution in [0.5, 0.6) is 23.0 Å². The van der Waals surface area contributed by atoms with Crippen LogP contribution in [0.4, 0.5) is 0 Å². The van der Waals surface area contributed by atoms with Crippen molar-refractivity contribution in [2.75, 3.05) is 0 Å². The molecule has 0 fully saturated rings. The molecular formula is C48H33N3O2. The first-order valence-electron chi connectivity index (χ1n) is 17.9. The zero-order chi connectivity index (χ0) is 35.5. The van der Waals surface area contributed by atoms with Crippen molar-refractivity contribution in [3.8, 4) is 90.5 Å². The summed E-state index contributed by atoms with van der Waals surface area (Å²) in [6.45, 7) is 4.54. The molecule has 0 amide bonds. The second-order valence-electron chi connectivity index (χ2n) is 14.0. The molecule has 1 aliphatic heterocycles. The van der Waals surface area contributed by atoms with Crippen LogP contribution < -0.4 is 9.47 Å². The van der Waals surface area contributed by atoms with Crippen molar-refractivity contribution in [2.24, 2.45) is 0 Å². The number of rotatable bonds is 5. The molecule has 0 unspecified atom stereocenters. The summed E-state index contributed by atoms with van der Waals surface area (Å²) in [4.78, 5) is 15.2. The van der Waals surface area contributed by atoms with Gasteiger partial charge in [0.1, 0.15) is 0 Å². The number of para-hydroxylation sites is 1. The summed E-state index contributed by atoms with van der Waals surface area (Å²) in [7, 11) is 0. The second-order valence-corrected chi connectivity index (χ2v) is 14.0. The number of hydrogen-bond donors (Lipinski definition) is 0. The lowest BCUT2D eigenvalue weighted by Gasteiger charge is -2.26. The molecule has 0 saturated heterocycles. The van der Waals surface area contributed by atoms with Gasteiger partial charge in [-0.25, -0.2) is 15.0 Å². The Morgan fingerprint density at radius 1 is 0.377 bits per heavy atom. The van der Waals surface area contributed by atoms with Crippen LogP contribution in [0.2, 0.25) is 0 Å². The van der Waals surface area contributed by atoms with Gasteiger partial charge in [-0.2, -0.15) is 0 Å². The number of ether oxygens (including phenoxy) is 2. The molecule has 1 aromatic heterocycles. The first-order valence-corrected chi connectivity index (χ1v) is 17.9. The molecule has 252 valence electrons. The minimum atomic E-state index is -0.151. The predicted octanol–water partition coefficient (Wildman–Crippen LogP) is 12.4. The molecule has 0 bridgehead atoms. The third kappa shape index (κ3) is 5.12. The molecule has 53 heavy (non-hydrogen) atoms. The van der Waals surface area contributed by atoms with Gasteiger partial charge in [0.25, 0.3) is 0 Å². The van der Waals surface area contributed by atoms with Crippen molar-refractivity contribution in [2.45, 2.75) is 19.3 Å². The van der Waals surface area contributed by atoms with Gasteiger partial charge in [-0.05, 0) is 51.6 Å². The average molecular weight is 684 g/mol. The predicted molar refractivity (Wildman–Crippen MR) is 211 cm³/mol. The highest BCUT2D eigenvalue weighted by Crippen LogP contribution is 2.59. The standard InChI is InChI=1S/C48H33N3O2/c1-48(2)38-25-12-11-23-37(38)42-39(48)27-28-41-44(42)53-43-35(24-14-26-40(43)52-41)32-19-13-20-33(29-32)46-49-45(31-17-7-4-8-18-31)50-47(51-46)36-22-10-9-21-34(36)30-15-5-3-6-16-30/h3-29H,1-2H3. The molecule has 5 heteroatoms. The summed E-state index contributed by atoms with van der Waals surface area (Å²) in [5.41, 5.74) is 11.4. The number of fused-ring (bicyclic) bond motifs is 6. The van der Waals surface area contributed by atoms with E-state index in [4.69, 9.17) is 24.4 Å². The van der Waals surface area contributed by atoms with E-state index in [-0.39, 0.29) is 5.41 Å². The first kappa shape index (κ1) is 30.9. The Balaban J connectivity index is 1.09. The van der Waals surface area contributed by atoms with E-state index in [2.05, 4.69) is 105 Å². The van der Waals surface area contributed by atoms with Crippen LogP contribution in [-0.2, 0) is 5.41 Å². The minimum absolute atomic E-state index is 0.151. The largest absolute Gasteiger partial charge is 0.449 e. The van der Waals surface area contributed by atoms with Gasteiger partial charge < -0.3 is 9.47 Å². The molecule has 0 spiro atoms. The maximum absolute atomic E-state index is 6.94. The normalized spacial score (nSPS) is 13.2. The van der Waals surface area contributed by atoms with Gasteiger partial charge in [0.05, 0.1) is 0 Å². The van der Waals surface area contributed by atoms with Crippen LogP contribution in [0.3, 0.4) is 0 Å². The third-order valence-electron chi connectivity index (χ3n) is 10.4. The Labute approximate surface area is 308 Å². The smallest absolute Gasteiger partial charge is 0.178 e.